The van der Waals surface area contributed by atoms with Crippen LogP contribution in [0.4, 0.5) is 11.8 Å². The minimum absolute atomic E-state index is 0.178. The van der Waals surface area contributed by atoms with E-state index in [-0.39, 0.29) is 5.95 Å². The van der Waals surface area contributed by atoms with Gasteiger partial charge in [-0.1, -0.05) is 12.1 Å². The molecule has 0 spiro atoms. The van der Waals surface area contributed by atoms with Gasteiger partial charge in [0.15, 0.2) is 11.5 Å². The molecule has 1 heterocycles. The molecule has 8 heteroatoms. The van der Waals surface area contributed by atoms with Gasteiger partial charge >= 0.3 is 0 Å². The average molecular weight is 396 g/mol. The molecule has 0 fully saturated rings. The van der Waals surface area contributed by atoms with Crippen LogP contribution in [0.1, 0.15) is 5.56 Å². The van der Waals surface area contributed by atoms with E-state index >= 15 is 0 Å². The number of rotatable bonds is 8. The predicted molar refractivity (Wildman–Crippen MR) is 112 cm³/mol. The second-order valence-corrected chi connectivity index (χ2v) is 6.12. The normalized spacial score (nSPS) is 10.3. The lowest BCUT2D eigenvalue weighted by atomic mass is 10.1. The summed E-state index contributed by atoms with van der Waals surface area (Å²) in [5, 5.41) is 3.27. The minimum atomic E-state index is 0.178. The molecule has 0 radical (unpaired) electrons. The summed E-state index contributed by atoms with van der Waals surface area (Å²) in [6.45, 7) is 0.477. The first-order valence-corrected chi connectivity index (χ1v) is 8.89. The minimum Gasteiger partial charge on any atom is -0.497 e. The first-order chi connectivity index (χ1) is 14.1. The van der Waals surface area contributed by atoms with E-state index in [1.165, 1.54) is 0 Å². The Kier molecular flexibility index (Phi) is 6.23. The maximum atomic E-state index is 5.92. The van der Waals surface area contributed by atoms with Gasteiger partial charge in [0.05, 0.1) is 34.1 Å². The molecule has 0 unspecified atom stereocenters. The summed E-state index contributed by atoms with van der Waals surface area (Å²) in [7, 11) is 6.36. The van der Waals surface area contributed by atoms with Gasteiger partial charge in [0.1, 0.15) is 11.6 Å². The number of hydrogen-bond acceptors (Lipinski definition) is 8. The highest BCUT2D eigenvalue weighted by Crippen LogP contribution is 2.38. The van der Waals surface area contributed by atoms with E-state index in [9.17, 15) is 0 Å². The molecule has 3 aromatic rings. The zero-order chi connectivity index (χ0) is 20.8. The van der Waals surface area contributed by atoms with E-state index < -0.39 is 0 Å². The standard InChI is InChI=1S/C21H24N4O4/c1-26-15-7-5-6-14(10-15)16-11-19(25-21(22)24-16)23-12-13-8-17(27-2)20(29-4)18(9-13)28-3/h5-11H,12H2,1-4H3,(H3,22,23,24,25). The molecule has 0 saturated heterocycles. The van der Waals surface area contributed by atoms with Gasteiger partial charge in [-0.3, -0.25) is 0 Å². The molecule has 0 aliphatic rings. The molecule has 29 heavy (non-hydrogen) atoms. The SMILES string of the molecule is COc1cccc(-c2cc(NCc3cc(OC)c(OC)c(OC)c3)nc(N)n2)c1. The molecule has 0 bridgehead atoms. The quantitative estimate of drug-likeness (QED) is 0.598. The van der Waals surface area contributed by atoms with Crippen molar-refractivity contribution in [3.63, 3.8) is 0 Å². The largest absolute Gasteiger partial charge is 0.497 e. The number of hydrogen-bond donors (Lipinski definition) is 2. The summed E-state index contributed by atoms with van der Waals surface area (Å²) in [6, 6.07) is 13.2. The molecule has 8 nitrogen and oxygen atoms in total. The van der Waals surface area contributed by atoms with E-state index in [1.807, 2.05) is 42.5 Å². The van der Waals surface area contributed by atoms with Crippen LogP contribution in [-0.2, 0) is 6.54 Å². The van der Waals surface area contributed by atoms with Gasteiger partial charge in [-0.15, -0.1) is 0 Å². The van der Waals surface area contributed by atoms with Crippen molar-refractivity contribution in [1.29, 1.82) is 0 Å². The van der Waals surface area contributed by atoms with Crippen molar-refractivity contribution in [1.82, 2.24) is 9.97 Å². The molecule has 0 aliphatic carbocycles. The van der Waals surface area contributed by atoms with Crippen LogP contribution >= 0.6 is 0 Å². The number of anilines is 2. The fourth-order valence-electron chi connectivity index (χ4n) is 2.92. The third-order valence-corrected chi connectivity index (χ3v) is 4.31. The maximum Gasteiger partial charge on any atom is 0.222 e. The van der Waals surface area contributed by atoms with E-state index in [0.717, 1.165) is 16.9 Å². The first kappa shape index (κ1) is 20.1. The number of nitrogens with one attached hydrogen (secondary N) is 1. The Balaban J connectivity index is 1.85. The van der Waals surface area contributed by atoms with Gasteiger partial charge in [-0.25, -0.2) is 4.98 Å². The number of ether oxygens (including phenoxy) is 4. The first-order valence-electron chi connectivity index (χ1n) is 8.89. The van der Waals surface area contributed by atoms with Crippen LogP contribution < -0.4 is 30.0 Å². The molecule has 152 valence electrons. The summed E-state index contributed by atoms with van der Waals surface area (Å²) in [4.78, 5) is 8.60. The monoisotopic (exact) mass is 396 g/mol. The van der Waals surface area contributed by atoms with Crippen LogP contribution in [0.3, 0.4) is 0 Å². The summed E-state index contributed by atoms with van der Waals surface area (Å²) in [6.07, 6.45) is 0. The van der Waals surface area contributed by atoms with E-state index in [0.29, 0.717) is 35.3 Å². The highest BCUT2D eigenvalue weighted by molar-refractivity contribution is 5.65. The van der Waals surface area contributed by atoms with Crippen molar-refractivity contribution < 1.29 is 18.9 Å². The van der Waals surface area contributed by atoms with Gasteiger partial charge < -0.3 is 30.0 Å². The Hall–Kier alpha value is -3.68. The van der Waals surface area contributed by atoms with Gasteiger partial charge in [-0.2, -0.15) is 4.98 Å². The van der Waals surface area contributed by atoms with E-state index in [1.54, 1.807) is 28.4 Å². The van der Waals surface area contributed by atoms with Crippen molar-refractivity contribution >= 4 is 11.8 Å². The van der Waals surface area contributed by atoms with Crippen molar-refractivity contribution in [2.24, 2.45) is 0 Å². The fraction of sp³-hybridized carbons (Fsp3) is 0.238. The van der Waals surface area contributed by atoms with Crippen molar-refractivity contribution in [2.45, 2.75) is 6.54 Å². The number of benzene rings is 2. The Labute approximate surface area is 169 Å². The highest BCUT2D eigenvalue weighted by atomic mass is 16.5. The van der Waals surface area contributed by atoms with Crippen LogP contribution in [0.25, 0.3) is 11.3 Å². The lowest BCUT2D eigenvalue weighted by Crippen LogP contribution is -2.06. The summed E-state index contributed by atoms with van der Waals surface area (Å²) in [5.41, 5.74) is 8.43. The van der Waals surface area contributed by atoms with E-state index in [4.69, 9.17) is 24.7 Å². The van der Waals surface area contributed by atoms with Crippen molar-refractivity contribution in [3.05, 3.63) is 48.0 Å². The summed E-state index contributed by atoms with van der Waals surface area (Å²) < 4.78 is 21.4. The third-order valence-electron chi connectivity index (χ3n) is 4.31. The smallest absolute Gasteiger partial charge is 0.222 e. The molecule has 0 aliphatic heterocycles. The van der Waals surface area contributed by atoms with E-state index in [2.05, 4.69) is 15.3 Å². The Morgan fingerprint density at radius 3 is 2.21 bits per heavy atom. The molecule has 2 aromatic carbocycles. The Morgan fingerprint density at radius 1 is 0.862 bits per heavy atom. The van der Waals surface area contributed by atoms with Crippen LogP contribution in [0.15, 0.2) is 42.5 Å². The van der Waals surface area contributed by atoms with Crippen LogP contribution in [0, 0.1) is 0 Å². The second kappa shape index (κ2) is 9.01. The number of aromatic nitrogens is 2. The summed E-state index contributed by atoms with van der Waals surface area (Å²) in [5.74, 6) is 3.24. The van der Waals surface area contributed by atoms with Crippen molar-refractivity contribution in [3.8, 4) is 34.3 Å². The van der Waals surface area contributed by atoms with Gasteiger partial charge in [-0.05, 0) is 29.8 Å². The summed E-state index contributed by atoms with van der Waals surface area (Å²) >= 11 is 0. The molecule has 1 aromatic heterocycles. The number of nitrogens with zero attached hydrogens (tertiary/aromatic N) is 2. The van der Waals surface area contributed by atoms with Gasteiger partial charge in [0.2, 0.25) is 11.7 Å². The number of methoxy groups -OCH3 is 4. The van der Waals surface area contributed by atoms with Gasteiger partial charge in [0.25, 0.3) is 0 Å². The van der Waals surface area contributed by atoms with Crippen LogP contribution in [-0.4, -0.2) is 38.4 Å². The highest BCUT2D eigenvalue weighted by Gasteiger charge is 2.13. The Bertz CT molecular complexity index is 969. The molecule has 0 amide bonds. The molecule has 3 rings (SSSR count). The Morgan fingerprint density at radius 2 is 1.59 bits per heavy atom. The average Bonchev–Trinajstić information content (AvgIpc) is 2.76. The number of nitrogen functional groups attached to an aromatic ring is 1. The molecular weight excluding hydrogens is 372 g/mol. The maximum absolute atomic E-state index is 5.92. The lowest BCUT2D eigenvalue weighted by Gasteiger charge is -2.15. The van der Waals surface area contributed by atoms with Crippen LogP contribution in [0.5, 0.6) is 23.0 Å². The van der Waals surface area contributed by atoms with Crippen molar-refractivity contribution in [2.75, 3.05) is 39.5 Å². The van der Waals surface area contributed by atoms with Crippen LogP contribution in [0.2, 0.25) is 0 Å². The molecule has 0 atom stereocenters. The number of nitrogens with two attached hydrogens (primary N) is 1. The second-order valence-electron chi connectivity index (χ2n) is 6.12. The topological polar surface area (TPSA) is 101 Å². The molecular formula is C21H24N4O4. The zero-order valence-electron chi connectivity index (χ0n) is 16.9. The van der Waals surface area contributed by atoms with Gasteiger partial charge in [0, 0.05) is 18.2 Å². The fourth-order valence-corrected chi connectivity index (χ4v) is 2.92. The molecule has 0 saturated carbocycles. The molecule has 3 N–H and O–H groups in total. The lowest BCUT2D eigenvalue weighted by molar-refractivity contribution is 0.324. The predicted octanol–water partition coefficient (Wildman–Crippen LogP) is 3.37. The zero-order valence-corrected chi connectivity index (χ0v) is 16.9. The third kappa shape index (κ3) is 4.60.